The first kappa shape index (κ1) is 19.0. The summed E-state index contributed by atoms with van der Waals surface area (Å²) in [5.41, 5.74) is 2.62. The van der Waals surface area contributed by atoms with Gasteiger partial charge in [-0.1, -0.05) is 28.9 Å². The minimum atomic E-state index is -3.41. The van der Waals surface area contributed by atoms with Gasteiger partial charge in [-0.25, -0.2) is 8.42 Å². The molecule has 1 unspecified atom stereocenters. The quantitative estimate of drug-likeness (QED) is 0.633. The number of hydrogen-bond acceptors (Lipinski definition) is 7. The van der Waals surface area contributed by atoms with Gasteiger partial charge in [0.1, 0.15) is 4.75 Å². The zero-order valence-electron chi connectivity index (χ0n) is 16.7. The molecular formula is C21H21N3O5S. The molecule has 30 heavy (non-hydrogen) atoms. The molecule has 5 rings (SSSR count). The Labute approximate surface area is 173 Å². The van der Waals surface area contributed by atoms with E-state index in [1.807, 2.05) is 31.2 Å². The van der Waals surface area contributed by atoms with Crippen LogP contribution in [0.2, 0.25) is 0 Å². The van der Waals surface area contributed by atoms with Gasteiger partial charge < -0.3 is 13.8 Å². The number of furan rings is 1. The summed E-state index contributed by atoms with van der Waals surface area (Å²) >= 11 is 0. The van der Waals surface area contributed by atoms with E-state index in [4.69, 9.17) is 8.94 Å². The Morgan fingerprint density at radius 1 is 1.23 bits per heavy atom. The number of benzene rings is 1. The van der Waals surface area contributed by atoms with E-state index in [9.17, 15) is 13.2 Å². The van der Waals surface area contributed by atoms with Crippen molar-refractivity contribution in [1.82, 2.24) is 15.0 Å². The number of amides is 1. The first-order valence-electron chi connectivity index (χ1n) is 9.77. The zero-order chi connectivity index (χ0) is 21.1. The SMILES string of the molecule is Cc1cccc(-c2noc(C3CCS(=O)(=O)C34CN(C(=O)c3occc3C)C4)n2)c1. The van der Waals surface area contributed by atoms with Crippen molar-refractivity contribution in [3.05, 3.63) is 59.4 Å². The highest BCUT2D eigenvalue weighted by atomic mass is 32.2. The molecule has 0 bridgehead atoms. The zero-order valence-corrected chi connectivity index (χ0v) is 17.5. The lowest BCUT2D eigenvalue weighted by atomic mass is 9.83. The van der Waals surface area contributed by atoms with Crippen molar-refractivity contribution in [2.24, 2.45) is 0 Å². The monoisotopic (exact) mass is 427 g/mol. The highest BCUT2D eigenvalue weighted by molar-refractivity contribution is 7.93. The van der Waals surface area contributed by atoms with Crippen LogP contribution in [0.1, 0.15) is 39.9 Å². The molecule has 4 heterocycles. The van der Waals surface area contributed by atoms with Crippen LogP contribution in [0.3, 0.4) is 0 Å². The van der Waals surface area contributed by atoms with Crippen molar-refractivity contribution in [1.29, 1.82) is 0 Å². The maximum Gasteiger partial charge on any atom is 0.289 e. The van der Waals surface area contributed by atoms with Crippen molar-refractivity contribution in [3.63, 3.8) is 0 Å². The highest BCUT2D eigenvalue weighted by Crippen LogP contribution is 2.50. The summed E-state index contributed by atoms with van der Waals surface area (Å²) in [4.78, 5) is 18.7. The molecule has 0 N–H and O–H groups in total. The van der Waals surface area contributed by atoms with E-state index in [1.165, 1.54) is 11.2 Å². The van der Waals surface area contributed by atoms with Crippen LogP contribution in [0.25, 0.3) is 11.4 Å². The molecule has 1 atom stereocenters. The van der Waals surface area contributed by atoms with Crippen LogP contribution >= 0.6 is 0 Å². The van der Waals surface area contributed by atoms with Gasteiger partial charge in [0.15, 0.2) is 15.6 Å². The third-order valence-electron chi connectivity index (χ3n) is 6.21. The summed E-state index contributed by atoms with van der Waals surface area (Å²) in [6.07, 6.45) is 1.86. The molecule has 0 aliphatic carbocycles. The Kier molecular flexibility index (Phi) is 4.15. The topological polar surface area (TPSA) is 107 Å². The maximum atomic E-state index is 12.9. The molecular weight excluding hydrogens is 406 g/mol. The maximum absolute atomic E-state index is 12.9. The van der Waals surface area contributed by atoms with Gasteiger partial charge in [0.25, 0.3) is 5.91 Å². The summed E-state index contributed by atoms with van der Waals surface area (Å²) in [5, 5.41) is 4.07. The third-order valence-corrected chi connectivity index (χ3v) is 8.76. The Bertz CT molecular complexity index is 1240. The van der Waals surface area contributed by atoms with E-state index in [2.05, 4.69) is 10.1 Å². The molecule has 2 fully saturated rings. The van der Waals surface area contributed by atoms with Gasteiger partial charge in [0, 0.05) is 24.2 Å². The standard InChI is InChI=1S/C21H21N3O5S/c1-13-4-3-5-15(10-13)18-22-19(29-23-18)16-7-9-30(26,27)21(16)11-24(12-21)20(25)17-14(2)6-8-28-17/h3-6,8,10,16H,7,9,11-12H2,1-2H3. The Balaban J connectivity index is 1.43. The number of aryl methyl sites for hydroxylation is 2. The van der Waals surface area contributed by atoms with Gasteiger partial charge in [-0.3, -0.25) is 4.79 Å². The molecule has 2 saturated heterocycles. The Morgan fingerprint density at radius 3 is 2.73 bits per heavy atom. The lowest BCUT2D eigenvalue weighted by Gasteiger charge is -2.48. The molecule has 0 saturated carbocycles. The van der Waals surface area contributed by atoms with Gasteiger partial charge in [0.05, 0.1) is 17.9 Å². The fraction of sp³-hybridized carbons (Fsp3) is 0.381. The predicted molar refractivity (Wildman–Crippen MR) is 108 cm³/mol. The van der Waals surface area contributed by atoms with E-state index in [0.717, 1.165) is 16.7 Å². The average Bonchev–Trinajstić information content (AvgIpc) is 3.37. The normalized spacial score (nSPS) is 21.7. The van der Waals surface area contributed by atoms with Crippen molar-refractivity contribution < 1.29 is 22.2 Å². The first-order chi connectivity index (χ1) is 14.3. The minimum absolute atomic E-state index is 0.0433. The molecule has 3 aromatic rings. The first-order valence-corrected chi connectivity index (χ1v) is 11.4. The second-order valence-corrected chi connectivity index (χ2v) is 10.6. The van der Waals surface area contributed by atoms with Crippen LogP contribution in [0.5, 0.6) is 0 Å². The Hall–Kier alpha value is -2.94. The lowest BCUT2D eigenvalue weighted by molar-refractivity contribution is 0.0471. The fourth-order valence-electron chi connectivity index (χ4n) is 4.48. The molecule has 1 aromatic carbocycles. The molecule has 1 spiro atoms. The Morgan fingerprint density at radius 2 is 2.03 bits per heavy atom. The number of carbonyl (C=O) groups is 1. The number of hydrogen-bond donors (Lipinski definition) is 0. The molecule has 1 amide bonds. The second-order valence-electron chi connectivity index (χ2n) is 8.14. The number of carbonyl (C=O) groups excluding carboxylic acids is 1. The summed E-state index contributed by atoms with van der Waals surface area (Å²) in [7, 11) is -3.41. The van der Waals surface area contributed by atoms with Gasteiger partial charge >= 0.3 is 0 Å². The molecule has 2 aromatic heterocycles. The van der Waals surface area contributed by atoms with E-state index in [0.29, 0.717) is 18.1 Å². The average molecular weight is 427 g/mol. The molecule has 9 heteroatoms. The number of likely N-dealkylation sites (tertiary alicyclic amines) is 1. The molecule has 8 nitrogen and oxygen atoms in total. The van der Waals surface area contributed by atoms with Crippen LogP contribution in [0.4, 0.5) is 0 Å². The van der Waals surface area contributed by atoms with E-state index >= 15 is 0 Å². The summed E-state index contributed by atoms with van der Waals surface area (Å²) in [6, 6.07) is 9.44. The number of nitrogens with zero attached hydrogens (tertiary/aromatic N) is 3. The fourth-order valence-corrected chi connectivity index (χ4v) is 6.79. The van der Waals surface area contributed by atoms with E-state index in [-0.39, 0.29) is 30.5 Å². The lowest BCUT2D eigenvalue weighted by Crippen LogP contribution is -2.67. The third kappa shape index (κ3) is 2.72. The molecule has 2 aliphatic heterocycles. The second kappa shape index (κ2) is 6.53. The minimum Gasteiger partial charge on any atom is -0.459 e. The van der Waals surface area contributed by atoms with Crippen LogP contribution in [-0.4, -0.2) is 53.0 Å². The van der Waals surface area contributed by atoms with E-state index < -0.39 is 20.5 Å². The molecule has 0 radical (unpaired) electrons. The largest absolute Gasteiger partial charge is 0.459 e. The van der Waals surface area contributed by atoms with Crippen molar-refractivity contribution >= 4 is 15.7 Å². The van der Waals surface area contributed by atoms with Crippen LogP contribution in [-0.2, 0) is 9.84 Å². The van der Waals surface area contributed by atoms with Crippen LogP contribution in [0, 0.1) is 13.8 Å². The van der Waals surface area contributed by atoms with E-state index in [1.54, 1.807) is 13.0 Å². The molecule has 156 valence electrons. The number of rotatable bonds is 3. The summed E-state index contributed by atoms with van der Waals surface area (Å²) in [6.45, 7) is 3.96. The van der Waals surface area contributed by atoms with Crippen LogP contribution in [0.15, 0.2) is 45.5 Å². The highest BCUT2D eigenvalue weighted by Gasteiger charge is 2.64. The summed E-state index contributed by atoms with van der Waals surface area (Å²) in [5.74, 6) is 0.309. The number of sulfone groups is 1. The van der Waals surface area contributed by atoms with Crippen molar-refractivity contribution in [2.75, 3.05) is 18.8 Å². The predicted octanol–water partition coefficient (Wildman–Crippen LogP) is 2.74. The number of aromatic nitrogens is 2. The van der Waals surface area contributed by atoms with Crippen molar-refractivity contribution in [3.8, 4) is 11.4 Å². The van der Waals surface area contributed by atoms with Gasteiger partial charge in [-0.05, 0) is 32.4 Å². The van der Waals surface area contributed by atoms with Gasteiger partial charge in [0.2, 0.25) is 11.7 Å². The summed E-state index contributed by atoms with van der Waals surface area (Å²) < 4.78 is 35.6. The van der Waals surface area contributed by atoms with Crippen LogP contribution < -0.4 is 0 Å². The van der Waals surface area contributed by atoms with Crippen molar-refractivity contribution in [2.45, 2.75) is 30.9 Å². The molecule has 2 aliphatic rings. The smallest absolute Gasteiger partial charge is 0.289 e. The van der Waals surface area contributed by atoms with Gasteiger partial charge in [-0.15, -0.1) is 0 Å². The van der Waals surface area contributed by atoms with Gasteiger partial charge in [-0.2, -0.15) is 4.98 Å².